The number of aryl methyl sites for hydroxylation is 1. The largest absolute Gasteiger partial charge is 0.394 e. The lowest BCUT2D eigenvalue weighted by Gasteiger charge is -2.31. The fourth-order valence-corrected chi connectivity index (χ4v) is 5.83. The molecule has 7 heteroatoms. The molecule has 7 nitrogen and oxygen atoms in total. The Morgan fingerprint density at radius 2 is 1.87 bits per heavy atom. The van der Waals surface area contributed by atoms with E-state index >= 15 is 0 Å². The standard InChI is InChI=1S/C31H34N4O3/c1-2-7-29-27(20-23-10-6-11-26(28(23)21-32)22-8-4-3-5-9-22)31(37)34(30-16-17-33-35(29)30)24-12-14-25(15-13-24)38-19-18-36/h3-6,8-11,16-17,24-25,36H,2,7,12-15,18-20H2,1H3. The fourth-order valence-electron chi connectivity index (χ4n) is 5.83. The maximum absolute atomic E-state index is 14.3. The quantitative estimate of drug-likeness (QED) is 0.339. The zero-order valence-corrected chi connectivity index (χ0v) is 21.8. The molecule has 0 amide bonds. The molecule has 5 rings (SSSR count). The third-order valence-corrected chi connectivity index (χ3v) is 7.61. The number of rotatable bonds is 9. The average Bonchev–Trinajstić information content (AvgIpc) is 3.44. The smallest absolute Gasteiger partial charge is 0.257 e. The summed E-state index contributed by atoms with van der Waals surface area (Å²) in [5.74, 6) is 0. The number of nitriles is 1. The van der Waals surface area contributed by atoms with Gasteiger partial charge in [0.05, 0.1) is 36.8 Å². The molecule has 0 bridgehead atoms. The van der Waals surface area contributed by atoms with Gasteiger partial charge in [0.1, 0.15) is 11.7 Å². The average molecular weight is 511 g/mol. The summed E-state index contributed by atoms with van der Waals surface area (Å²) in [7, 11) is 0. The van der Waals surface area contributed by atoms with Crippen molar-refractivity contribution in [2.45, 2.75) is 64.0 Å². The van der Waals surface area contributed by atoms with E-state index in [2.05, 4.69) is 18.1 Å². The third kappa shape index (κ3) is 5.02. The molecule has 2 aromatic heterocycles. The van der Waals surface area contributed by atoms with E-state index in [1.165, 1.54) is 0 Å². The maximum atomic E-state index is 14.3. The summed E-state index contributed by atoms with van der Waals surface area (Å²) in [6.45, 7) is 2.48. The second-order valence-electron chi connectivity index (χ2n) is 9.97. The molecule has 4 aromatic rings. The van der Waals surface area contributed by atoms with Crippen molar-refractivity contribution in [2.75, 3.05) is 13.2 Å². The van der Waals surface area contributed by atoms with E-state index in [1.807, 2.05) is 63.7 Å². The number of hydrogen-bond acceptors (Lipinski definition) is 5. The number of aliphatic hydroxyl groups excluding tert-OH is 1. The van der Waals surface area contributed by atoms with Crippen LogP contribution < -0.4 is 5.56 Å². The number of ether oxygens (including phenoxy) is 1. The van der Waals surface area contributed by atoms with E-state index in [0.717, 1.165) is 66.6 Å². The number of nitrogens with zero attached hydrogens (tertiary/aromatic N) is 4. The maximum Gasteiger partial charge on any atom is 0.257 e. The lowest BCUT2D eigenvalue weighted by molar-refractivity contribution is 0.00161. The van der Waals surface area contributed by atoms with Crippen molar-refractivity contribution in [3.63, 3.8) is 0 Å². The van der Waals surface area contributed by atoms with Gasteiger partial charge < -0.3 is 9.84 Å². The van der Waals surface area contributed by atoms with Crippen LogP contribution in [0.3, 0.4) is 0 Å². The van der Waals surface area contributed by atoms with Gasteiger partial charge in [-0.3, -0.25) is 9.36 Å². The van der Waals surface area contributed by atoms with E-state index in [-0.39, 0.29) is 24.3 Å². The lowest BCUT2D eigenvalue weighted by atomic mass is 9.91. The Hall–Kier alpha value is -3.73. The molecule has 1 N–H and O–H groups in total. The summed E-state index contributed by atoms with van der Waals surface area (Å²) in [6, 6.07) is 20.2. The van der Waals surface area contributed by atoms with Crippen LogP contribution in [0.2, 0.25) is 0 Å². The topological polar surface area (TPSA) is 92.5 Å². The Labute approximate surface area is 222 Å². The van der Waals surface area contributed by atoms with Crippen LogP contribution in [-0.4, -0.2) is 38.6 Å². The van der Waals surface area contributed by atoms with Gasteiger partial charge in [0.2, 0.25) is 0 Å². The molecule has 0 atom stereocenters. The van der Waals surface area contributed by atoms with Crippen LogP contribution in [0.4, 0.5) is 0 Å². The van der Waals surface area contributed by atoms with Gasteiger partial charge in [-0.25, -0.2) is 4.52 Å². The first-order chi connectivity index (χ1) is 18.7. The first-order valence-electron chi connectivity index (χ1n) is 13.6. The zero-order valence-electron chi connectivity index (χ0n) is 21.8. The van der Waals surface area contributed by atoms with Crippen molar-refractivity contribution in [1.82, 2.24) is 14.2 Å². The normalized spacial score (nSPS) is 17.5. The molecule has 1 aliphatic carbocycles. The van der Waals surface area contributed by atoms with Gasteiger partial charge in [-0.2, -0.15) is 10.4 Å². The van der Waals surface area contributed by atoms with Crippen molar-refractivity contribution >= 4 is 5.65 Å². The van der Waals surface area contributed by atoms with Crippen LogP contribution in [-0.2, 0) is 17.6 Å². The number of aromatic nitrogens is 3. The van der Waals surface area contributed by atoms with Crippen LogP contribution >= 0.6 is 0 Å². The highest BCUT2D eigenvalue weighted by Crippen LogP contribution is 2.32. The molecule has 2 heterocycles. The second-order valence-corrected chi connectivity index (χ2v) is 9.97. The molecule has 0 radical (unpaired) electrons. The van der Waals surface area contributed by atoms with E-state index in [9.17, 15) is 10.1 Å². The van der Waals surface area contributed by atoms with E-state index in [1.54, 1.807) is 6.20 Å². The molecule has 0 unspecified atom stereocenters. The summed E-state index contributed by atoms with van der Waals surface area (Å²) in [5.41, 5.74) is 5.78. The highest BCUT2D eigenvalue weighted by molar-refractivity contribution is 5.72. The first kappa shape index (κ1) is 25.9. The van der Waals surface area contributed by atoms with E-state index in [0.29, 0.717) is 24.2 Å². The fraction of sp³-hybridized carbons (Fsp3) is 0.387. The highest BCUT2D eigenvalue weighted by Gasteiger charge is 2.28. The molecule has 2 aromatic carbocycles. The lowest BCUT2D eigenvalue weighted by Crippen LogP contribution is -2.35. The van der Waals surface area contributed by atoms with Gasteiger partial charge in [-0.05, 0) is 48.8 Å². The van der Waals surface area contributed by atoms with Crippen molar-refractivity contribution in [1.29, 1.82) is 5.26 Å². The molecule has 196 valence electrons. The van der Waals surface area contributed by atoms with Crippen LogP contribution in [0.5, 0.6) is 0 Å². The summed E-state index contributed by atoms with van der Waals surface area (Å²) in [4.78, 5) is 14.3. The van der Waals surface area contributed by atoms with Crippen LogP contribution in [0.1, 0.15) is 67.5 Å². The Morgan fingerprint density at radius 3 is 2.58 bits per heavy atom. The first-order valence-corrected chi connectivity index (χ1v) is 13.6. The van der Waals surface area contributed by atoms with Crippen molar-refractivity contribution < 1.29 is 9.84 Å². The molecular weight excluding hydrogens is 476 g/mol. The summed E-state index contributed by atoms with van der Waals surface area (Å²) in [6.07, 6.45) is 7.23. The summed E-state index contributed by atoms with van der Waals surface area (Å²) < 4.78 is 9.62. The van der Waals surface area contributed by atoms with Crippen molar-refractivity contribution in [2.24, 2.45) is 0 Å². The van der Waals surface area contributed by atoms with Crippen LogP contribution in [0.25, 0.3) is 16.8 Å². The van der Waals surface area contributed by atoms with Gasteiger partial charge >= 0.3 is 0 Å². The molecular formula is C31H34N4O3. The second kappa shape index (κ2) is 11.8. The Balaban J connectivity index is 1.59. The Kier molecular flexibility index (Phi) is 8.02. The minimum absolute atomic E-state index is 0.00943. The molecule has 0 saturated heterocycles. The Bertz CT molecular complexity index is 1490. The van der Waals surface area contributed by atoms with Crippen molar-refractivity contribution in [3.8, 4) is 17.2 Å². The zero-order chi connectivity index (χ0) is 26.5. The number of fused-ring (bicyclic) bond motifs is 1. The van der Waals surface area contributed by atoms with Gasteiger partial charge in [-0.1, -0.05) is 61.9 Å². The molecule has 1 saturated carbocycles. The van der Waals surface area contributed by atoms with Crippen LogP contribution in [0.15, 0.2) is 65.6 Å². The number of benzene rings is 2. The predicted octanol–water partition coefficient (Wildman–Crippen LogP) is 5.07. The molecule has 1 aliphatic rings. The molecule has 0 aliphatic heterocycles. The summed E-state index contributed by atoms with van der Waals surface area (Å²) in [5, 5.41) is 23.9. The summed E-state index contributed by atoms with van der Waals surface area (Å²) >= 11 is 0. The third-order valence-electron chi connectivity index (χ3n) is 7.61. The highest BCUT2D eigenvalue weighted by atomic mass is 16.5. The van der Waals surface area contributed by atoms with Gasteiger partial charge in [0, 0.05) is 24.1 Å². The van der Waals surface area contributed by atoms with Gasteiger partial charge in [-0.15, -0.1) is 0 Å². The number of aliphatic hydroxyl groups is 1. The van der Waals surface area contributed by atoms with Gasteiger partial charge in [0.25, 0.3) is 5.56 Å². The van der Waals surface area contributed by atoms with E-state index in [4.69, 9.17) is 9.84 Å². The minimum atomic E-state index is 0.00943. The molecule has 1 fully saturated rings. The SMILES string of the molecule is CCCc1c(Cc2cccc(-c3ccccc3)c2C#N)c(=O)n(C2CCC(OCCO)CC2)c2ccnn12. The monoisotopic (exact) mass is 510 g/mol. The minimum Gasteiger partial charge on any atom is -0.394 e. The number of hydrogen-bond donors (Lipinski definition) is 1. The predicted molar refractivity (Wildman–Crippen MR) is 147 cm³/mol. The van der Waals surface area contributed by atoms with Crippen LogP contribution in [0, 0.1) is 11.3 Å². The van der Waals surface area contributed by atoms with E-state index < -0.39 is 0 Å². The van der Waals surface area contributed by atoms with Crippen molar-refractivity contribution in [3.05, 3.63) is 93.5 Å². The van der Waals surface area contributed by atoms with Gasteiger partial charge in [0.15, 0.2) is 0 Å². The molecule has 0 spiro atoms. The Morgan fingerprint density at radius 1 is 1.08 bits per heavy atom. The molecule has 38 heavy (non-hydrogen) atoms.